The molecule has 0 aromatic heterocycles. The number of hydrogen-bond acceptors (Lipinski definition) is 3. The smallest absolute Gasteiger partial charge is 0.195 e. The van der Waals surface area contributed by atoms with Crippen molar-refractivity contribution in [2.24, 2.45) is 4.99 Å². The van der Waals surface area contributed by atoms with Gasteiger partial charge in [0.2, 0.25) is 0 Å². The molecular formula is C12H18IN3O2. The van der Waals surface area contributed by atoms with Gasteiger partial charge in [-0.1, -0.05) is 0 Å². The predicted octanol–water partition coefficient (Wildman–Crippen LogP) is 2.08. The highest BCUT2D eigenvalue weighted by molar-refractivity contribution is 14.0. The summed E-state index contributed by atoms with van der Waals surface area (Å²) in [5.74, 6) is 2.28. The third-order valence-electron chi connectivity index (χ3n) is 2.47. The summed E-state index contributed by atoms with van der Waals surface area (Å²) in [5, 5.41) is 6.11. The molecule has 0 saturated heterocycles. The maximum Gasteiger partial charge on any atom is 0.195 e. The van der Waals surface area contributed by atoms with Crippen molar-refractivity contribution < 1.29 is 9.47 Å². The van der Waals surface area contributed by atoms with E-state index in [-0.39, 0.29) is 24.0 Å². The zero-order valence-corrected chi connectivity index (χ0v) is 12.9. The van der Waals surface area contributed by atoms with Gasteiger partial charge in [-0.25, -0.2) is 0 Å². The van der Waals surface area contributed by atoms with Crippen LogP contribution in [0.25, 0.3) is 0 Å². The Morgan fingerprint density at radius 3 is 2.61 bits per heavy atom. The average molecular weight is 363 g/mol. The Morgan fingerprint density at radius 1 is 1.22 bits per heavy atom. The van der Waals surface area contributed by atoms with E-state index in [1.165, 1.54) is 0 Å². The van der Waals surface area contributed by atoms with E-state index in [1.807, 2.05) is 25.2 Å². The molecule has 1 aliphatic heterocycles. The third-order valence-corrected chi connectivity index (χ3v) is 2.47. The number of benzene rings is 1. The van der Waals surface area contributed by atoms with Crippen LogP contribution in [0.5, 0.6) is 11.5 Å². The first-order chi connectivity index (χ1) is 8.33. The number of hydrogen-bond donors (Lipinski definition) is 2. The average Bonchev–Trinajstić information content (AvgIpc) is 2.60. The number of rotatable bonds is 1. The van der Waals surface area contributed by atoms with Gasteiger partial charge in [0.25, 0.3) is 0 Å². The van der Waals surface area contributed by atoms with Crippen LogP contribution in [0.3, 0.4) is 0 Å². The standard InChI is InChI=1S/C12H17N3O2.HI/c1-13-12(14-2)15-9-4-5-10-11(8-9)17-7-3-6-16-10;/h4-5,8H,3,6-7H2,1-2H3,(H2,13,14,15);1H. The number of guanidine groups is 1. The van der Waals surface area contributed by atoms with Crippen LogP contribution in [0, 0.1) is 0 Å². The molecule has 0 aliphatic carbocycles. The van der Waals surface area contributed by atoms with Gasteiger partial charge in [0.05, 0.1) is 13.2 Å². The van der Waals surface area contributed by atoms with Crippen molar-refractivity contribution >= 4 is 35.6 Å². The molecule has 0 radical (unpaired) electrons. The second kappa shape index (κ2) is 7.30. The minimum absolute atomic E-state index is 0. The van der Waals surface area contributed by atoms with Crippen LogP contribution in [-0.2, 0) is 0 Å². The summed E-state index contributed by atoms with van der Waals surface area (Å²) in [4.78, 5) is 4.05. The SMILES string of the molecule is CN=C(NC)Nc1ccc2c(c1)OCCCO2.I. The largest absolute Gasteiger partial charge is 0.490 e. The van der Waals surface area contributed by atoms with Crippen LogP contribution in [0.1, 0.15) is 6.42 Å². The van der Waals surface area contributed by atoms with Gasteiger partial charge in [-0.3, -0.25) is 4.99 Å². The molecule has 0 spiro atoms. The van der Waals surface area contributed by atoms with E-state index in [0.717, 1.165) is 23.6 Å². The lowest BCUT2D eigenvalue weighted by Crippen LogP contribution is -2.26. The molecule has 0 amide bonds. The highest BCUT2D eigenvalue weighted by Gasteiger charge is 2.10. The van der Waals surface area contributed by atoms with Gasteiger partial charge in [0.1, 0.15) is 0 Å². The molecule has 1 aliphatic rings. The number of fused-ring (bicyclic) bond motifs is 1. The highest BCUT2D eigenvalue weighted by atomic mass is 127. The van der Waals surface area contributed by atoms with Crippen LogP contribution in [0.15, 0.2) is 23.2 Å². The number of ether oxygens (including phenoxy) is 2. The van der Waals surface area contributed by atoms with Crippen LogP contribution in [0.4, 0.5) is 5.69 Å². The second-order valence-electron chi connectivity index (χ2n) is 3.66. The Kier molecular flexibility index (Phi) is 6.03. The first kappa shape index (κ1) is 14.9. The molecule has 2 N–H and O–H groups in total. The van der Waals surface area contributed by atoms with Gasteiger partial charge in [-0.15, -0.1) is 24.0 Å². The Balaban J connectivity index is 0.00000162. The van der Waals surface area contributed by atoms with E-state index < -0.39 is 0 Å². The number of aliphatic imine (C=N–C) groups is 1. The van der Waals surface area contributed by atoms with Gasteiger partial charge >= 0.3 is 0 Å². The van der Waals surface area contributed by atoms with Crippen molar-refractivity contribution in [3.8, 4) is 11.5 Å². The molecule has 6 heteroatoms. The summed E-state index contributed by atoms with van der Waals surface area (Å²) in [6, 6.07) is 5.77. The highest BCUT2D eigenvalue weighted by Crippen LogP contribution is 2.32. The summed E-state index contributed by atoms with van der Waals surface area (Å²) in [7, 11) is 3.54. The van der Waals surface area contributed by atoms with E-state index in [9.17, 15) is 0 Å². The third kappa shape index (κ3) is 3.66. The monoisotopic (exact) mass is 363 g/mol. The minimum Gasteiger partial charge on any atom is -0.490 e. The molecule has 18 heavy (non-hydrogen) atoms. The van der Waals surface area contributed by atoms with Crippen LogP contribution in [-0.4, -0.2) is 33.3 Å². The molecule has 1 heterocycles. The number of nitrogens with zero attached hydrogens (tertiary/aromatic N) is 1. The van der Waals surface area contributed by atoms with Crippen LogP contribution in [0.2, 0.25) is 0 Å². The predicted molar refractivity (Wildman–Crippen MR) is 83.5 cm³/mol. The van der Waals surface area contributed by atoms with Gasteiger partial charge in [0.15, 0.2) is 17.5 Å². The molecule has 0 fully saturated rings. The first-order valence-corrected chi connectivity index (χ1v) is 5.64. The Hall–Kier alpha value is -1.18. The first-order valence-electron chi connectivity index (χ1n) is 5.64. The maximum absolute atomic E-state index is 5.61. The molecule has 0 saturated carbocycles. The van der Waals surface area contributed by atoms with Gasteiger partial charge in [0, 0.05) is 32.3 Å². The van der Waals surface area contributed by atoms with Crippen molar-refractivity contribution in [3.05, 3.63) is 18.2 Å². The van der Waals surface area contributed by atoms with Gasteiger partial charge in [-0.2, -0.15) is 0 Å². The molecule has 0 bridgehead atoms. The van der Waals surface area contributed by atoms with E-state index in [2.05, 4.69) is 15.6 Å². The van der Waals surface area contributed by atoms with Crippen molar-refractivity contribution in [1.29, 1.82) is 0 Å². The molecule has 0 atom stereocenters. The van der Waals surface area contributed by atoms with Gasteiger partial charge in [-0.05, 0) is 12.1 Å². The summed E-state index contributed by atoms with van der Waals surface area (Å²) in [6.07, 6.45) is 0.912. The molecule has 2 rings (SSSR count). The molecule has 1 aromatic rings. The lowest BCUT2D eigenvalue weighted by Gasteiger charge is -2.11. The Bertz CT molecular complexity index is 424. The fourth-order valence-corrected chi connectivity index (χ4v) is 1.61. The lowest BCUT2D eigenvalue weighted by atomic mass is 10.3. The Labute approximate surface area is 124 Å². The fourth-order valence-electron chi connectivity index (χ4n) is 1.61. The molecule has 100 valence electrons. The fraction of sp³-hybridized carbons (Fsp3) is 0.417. The number of halogens is 1. The van der Waals surface area contributed by atoms with Crippen molar-refractivity contribution in [3.63, 3.8) is 0 Å². The Morgan fingerprint density at radius 2 is 1.94 bits per heavy atom. The van der Waals surface area contributed by atoms with Crippen molar-refractivity contribution in [2.45, 2.75) is 6.42 Å². The van der Waals surface area contributed by atoms with Crippen LogP contribution < -0.4 is 20.1 Å². The van der Waals surface area contributed by atoms with E-state index in [0.29, 0.717) is 19.2 Å². The van der Waals surface area contributed by atoms with Crippen molar-refractivity contribution in [1.82, 2.24) is 5.32 Å². The summed E-state index contributed by atoms with van der Waals surface area (Å²) in [5.41, 5.74) is 0.921. The molecule has 1 aromatic carbocycles. The molecule has 0 unspecified atom stereocenters. The number of anilines is 1. The summed E-state index contributed by atoms with van der Waals surface area (Å²) in [6.45, 7) is 1.40. The zero-order valence-electron chi connectivity index (χ0n) is 10.5. The normalized spacial score (nSPS) is 14.2. The van der Waals surface area contributed by atoms with E-state index in [4.69, 9.17) is 9.47 Å². The maximum atomic E-state index is 5.61. The second-order valence-corrected chi connectivity index (χ2v) is 3.66. The number of nitrogens with one attached hydrogen (secondary N) is 2. The zero-order chi connectivity index (χ0) is 12.1. The quantitative estimate of drug-likeness (QED) is 0.456. The minimum atomic E-state index is 0. The van der Waals surface area contributed by atoms with Crippen molar-refractivity contribution in [2.75, 3.05) is 32.6 Å². The van der Waals surface area contributed by atoms with E-state index >= 15 is 0 Å². The summed E-state index contributed by atoms with van der Waals surface area (Å²) < 4.78 is 11.2. The van der Waals surface area contributed by atoms with E-state index in [1.54, 1.807) is 7.05 Å². The van der Waals surface area contributed by atoms with Gasteiger partial charge < -0.3 is 20.1 Å². The topological polar surface area (TPSA) is 54.9 Å². The molecule has 5 nitrogen and oxygen atoms in total. The summed E-state index contributed by atoms with van der Waals surface area (Å²) >= 11 is 0. The lowest BCUT2D eigenvalue weighted by molar-refractivity contribution is 0.297. The molecular weight excluding hydrogens is 345 g/mol. The van der Waals surface area contributed by atoms with Crippen LogP contribution >= 0.6 is 24.0 Å².